The quantitative estimate of drug-likeness (QED) is 0.837. The van der Waals surface area contributed by atoms with Gasteiger partial charge in [-0.05, 0) is 18.4 Å². The molecule has 1 N–H and O–H groups in total. The molecule has 0 amide bonds. The molecule has 1 aromatic carbocycles. The van der Waals surface area contributed by atoms with Gasteiger partial charge in [0.25, 0.3) is 0 Å². The van der Waals surface area contributed by atoms with Crippen molar-refractivity contribution in [3.8, 4) is 0 Å². The van der Waals surface area contributed by atoms with Gasteiger partial charge in [0.15, 0.2) is 5.78 Å². The predicted octanol–water partition coefficient (Wildman–Crippen LogP) is 1.54. The van der Waals surface area contributed by atoms with E-state index in [1.165, 1.54) is 0 Å². The van der Waals surface area contributed by atoms with Crippen molar-refractivity contribution in [3.05, 3.63) is 35.9 Å². The van der Waals surface area contributed by atoms with E-state index in [1.807, 2.05) is 30.3 Å². The number of aliphatic hydroxyl groups excluding tert-OH is 1. The molecule has 86 valence electrons. The van der Waals surface area contributed by atoms with Gasteiger partial charge in [-0.2, -0.15) is 0 Å². The normalized spacial score (nSPS) is 24.9. The molecule has 0 spiro atoms. The Hall–Kier alpha value is -1.19. The van der Waals surface area contributed by atoms with Crippen molar-refractivity contribution in [3.63, 3.8) is 0 Å². The Balaban J connectivity index is 1.86. The minimum absolute atomic E-state index is 0.0516. The molecule has 0 aliphatic heterocycles. The standard InChI is InChI=1S/C13H16O3/c14-8-11-6-7-12(13(11)15)16-9-10-4-2-1-3-5-10/h1-5,11-12,14H,6-9H2. The SMILES string of the molecule is O=C1C(CO)CCC1OCc1ccccc1. The highest BCUT2D eigenvalue weighted by molar-refractivity contribution is 5.87. The molecule has 2 atom stereocenters. The molecular formula is C13H16O3. The Morgan fingerprint density at radius 2 is 2.00 bits per heavy atom. The van der Waals surface area contributed by atoms with Crippen LogP contribution in [0.15, 0.2) is 30.3 Å². The van der Waals surface area contributed by atoms with E-state index in [9.17, 15) is 4.79 Å². The molecule has 3 nitrogen and oxygen atoms in total. The molecule has 1 saturated carbocycles. The fourth-order valence-electron chi connectivity index (χ4n) is 2.02. The van der Waals surface area contributed by atoms with Crippen LogP contribution < -0.4 is 0 Å². The van der Waals surface area contributed by atoms with Crippen molar-refractivity contribution >= 4 is 5.78 Å². The van der Waals surface area contributed by atoms with Crippen molar-refractivity contribution in [1.82, 2.24) is 0 Å². The van der Waals surface area contributed by atoms with E-state index >= 15 is 0 Å². The zero-order chi connectivity index (χ0) is 11.4. The topological polar surface area (TPSA) is 46.5 Å². The van der Waals surface area contributed by atoms with Crippen LogP contribution in [-0.4, -0.2) is 23.6 Å². The number of carbonyl (C=O) groups is 1. The number of hydrogen-bond acceptors (Lipinski definition) is 3. The van der Waals surface area contributed by atoms with E-state index in [2.05, 4.69) is 0 Å². The molecule has 0 radical (unpaired) electrons. The summed E-state index contributed by atoms with van der Waals surface area (Å²) in [5.74, 6) is -0.154. The zero-order valence-electron chi connectivity index (χ0n) is 9.13. The third-order valence-corrected chi connectivity index (χ3v) is 3.01. The third kappa shape index (κ3) is 2.49. The van der Waals surface area contributed by atoms with Gasteiger partial charge in [-0.1, -0.05) is 30.3 Å². The fraction of sp³-hybridized carbons (Fsp3) is 0.462. The molecule has 0 heterocycles. The third-order valence-electron chi connectivity index (χ3n) is 3.01. The minimum atomic E-state index is -0.322. The molecule has 1 fully saturated rings. The Kier molecular flexibility index (Phi) is 3.70. The number of carbonyl (C=O) groups excluding carboxylic acids is 1. The Bertz CT molecular complexity index is 347. The molecule has 3 heteroatoms. The lowest BCUT2D eigenvalue weighted by Gasteiger charge is -2.10. The maximum atomic E-state index is 11.7. The van der Waals surface area contributed by atoms with Crippen LogP contribution in [0.2, 0.25) is 0 Å². The predicted molar refractivity (Wildman–Crippen MR) is 59.8 cm³/mol. The van der Waals surface area contributed by atoms with Gasteiger partial charge < -0.3 is 9.84 Å². The molecule has 0 bridgehead atoms. The van der Waals surface area contributed by atoms with Crippen LogP contribution in [0.5, 0.6) is 0 Å². The van der Waals surface area contributed by atoms with Gasteiger partial charge in [-0.15, -0.1) is 0 Å². The monoisotopic (exact) mass is 220 g/mol. The first-order chi connectivity index (χ1) is 7.81. The van der Waals surface area contributed by atoms with Crippen LogP contribution in [0, 0.1) is 5.92 Å². The van der Waals surface area contributed by atoms with Crippen LogP contribution in [0.3, 0.4) is 0 Å². The zero-order valence-corrected chi connectivity index (χ0v) is 9.13. The van der Waals surface area contributed by atoms with E-state index < -0.39 is 0 Å². The second-order valence-electron chi connectivity index (χ2n) is 4.14. The first-order valence-corrected chi connectivity index (χ1v) is 5.61. The average Bonchev–Trinajstić information content (AvgIpc) is 2.69. The van der Waals surface area contributed by atoms with E-state index in [0.717, 1.165) is 18.4 Å². The second-order valence-corrected chi connectivity index (χ2v) is 4.14. The highest BCUT2D eigenvalue weighted by Gasteiger charge is 2.34. The largest absolute Gasteiger partial charge is 0.396 e. The summed E-state index contributed by atoms with van der Waals surface area (Å²) < 4.78 is 5.57. The molecular weight excluding hydrogens is 204 g/mol. The minimum Gasteiger partial charge on any atom is -0.396 e. The van der Waals surface area contributed by atoms with Crippen molar-refractivity contribution in [2.24, 2.45) is 5.92 Å². The summed E-state index contributed by atoms with van der Waals surface area (Å²) in [6.45, 7) is 0.416. The Morgan fingerprint density at radius 3 is 2.62 bits per heavy atom. The summed E-state index contributed by atoms with van der Waals surface area (Å²) in [4.78, 5) is 11.7. The molecule has 0 saturated heterocycles. The van der Waals surface area contributed by atoms with Crippen LogP contribution >= 0.6 is 0 Å². The molecule has 1 aliphatic carbocycles. The molecule has 2 unspecified atom stereocenters. The molecule has 2 rings (SSSR count). The number of ketones is 1. The lowest BCUT2D eigenvalue weighted by Crippen LogP contribution is -2.23. The van der Waals surface area contributed by atoms with Gasteiger partial charge in [-0.3, -0.25) is 4.79 Å². The number of Topliss-reactive ketones (excluding diaryl/α,β-unsaturated/α-hetero) is 1. The smallest absolute Gasteiger partial charge is 0.166 e. The highest BCUT2D eigenvalue weighted by Crippen LogP contribution is 2.24. The lowest BCUT2D eigenvalue weighted by molar-refractivity contribution is -0.132. The van der Waals surface area contributed by atoms with Crippen LogP contribution in [0.4, 0.5) is 0 Å². The van der Waals surface area contributed by atoms with Gasteiger partial charge in [-0.25, -0.2) is 0 Å². The van der Waals surface area contributed by atoms with Gasteiger partial charge in [0.2, 0.25) is 0 Å². The lowest BCUT2D eigenvalue weighted by atomic mass is 10.1. The number of ether oxygens (including phenoxy) is 1. The maximum absolute atomic E-state index is 11.7. The van der Waals surface area contributed by atoms with Gasteiger partial charge in [0.05, 0.1) is 13.2 Å². The summed E-state index contributed by atoms with van der Waals surface area (Å²) in [5, 5.41) is 8.96. The van der Waals surface area contributed by atoms with E-state index in [4.69, 9.17) is 9.84 Å². The average molecular weight is 220 g/mol. The summed E-state index contributed by atoms with van der Waals surface area (Å²) in [6.07, 6.45) is 1.16. The molecule has 1 aliphatic rings. The summed E-state index contributed by atoms with van der Waals surface area (Å²) in [7, 11) is 0. The Labute approximate surface area is 95.0 Å². The van der Waals surface area contributed by atoms with Crippen LogP contribution in [-0.2, 0) is 16.1 Å². The van der Waals surface area contributed by atoms with E-state index in [1.54, 1.807) is 0 Å². The summed E-state index contributed by atoms with van der Waals surface area (Å²) in [5.41, 5.74) is 1.07. The van der Waals surface area contributed by atoms with Gasteiger partial charge in [0, 0.05) is 5.92 Å². The Morgan fingerprint density at radius 1 is 1.25 bits per heavy atom. The first kappa shape index (κ1) is 11.3. The van der Waals surface area contributed by atoms with Crippen LogP contribution in [0.25, 0.3) is 0 Å². The highest BCUT2D eigenvalue weighted by atomic mass is 16.5. The number of rotatable bonds is 4. The first-order valence-electron chi connectivity index (χ1n) is 5.61. The number of aliphatic hydroxyl groups is 1. The van der Waals surface area contributed by atoms with E-state index in [0.29, 0.717) is 6.61 Å². The number of benzene rings is 1. The van der Waals surface area contributed by atoms with Crippen molar-refractivity contribution < 1.29 is 14.6 Å². The molecule has 16 heavy (non-hydrogen) atoms. The second kappa shape index (κ2) is 5.23. The van der Waals surface area contributed by atoms with Crippen molar-refractivity contribution in [1.29, 1.82) is 0 Å². The van der Waals surface area contributed by atoms with Gasteiger partial charge in [0.1, 0.15) is 6.10 Å². The fourth-order valence-corrected chi connectivity index (χ4v) is 2.02. The van der Waals surface area contributed by atoms with E-state index in [-0.39, 0.29) is 24.4 Å². The van der Waals surface area contributed by atoms with Crippen LogP contribution in [0.1, 0.15) is 18.4 Å². The molecule has 1 aromatic rings. The number of hydrogen-bond donors (Lipinski definition) is 1. The van der Waals surface area contributed by atoms with Gasteiger partial charge >= 0.3 is 0 Å². The molecule has 0 aromatic heterocycles. The van der Waals surface area contributed by atoms with Crippen molar-refractivity contribution in [2.75, 3.05) is 6.61 Å². The van der Waals surface area contributed by atoms with Crippen molar-refractivity contribution in [2.45, 2.75) is 25.6 Å². The summed E-state index contributed by atoms with van der Waals surface area (Å²) in [6, 6.07) is 9.80. The maximum Gasteiger partial charge on any atom is 0.166 e. The summed E-state index contributed by atoms with van der Waals surface area (Å²) >= 11 is 0.